The molecule has 14 heavy (non-hydrogen) atoms. The number of hydrogen-bond donors (Lipinski definition) is 0. The van der Waals surface area contributed by atoms with Crippen LogP contribution in [0.25, 0.3) is 0 Å². The Hall–Kier alpha value is -0.780. The van der Waals surface area contributed by atoms with Gasteiger partial charge in [-0.25, -0.2) is 0 Å². The van der Waals surface area contributed by atoms with Crippen molar-refractivity contribution in [2.45, 2.75) is 52.4 Å². The minimum atomic E-state index is 1.02. The summed E-state index contributed by atoms with van der Waals surface area (Å²) < 4.78 is 0. The Morgan fingerprint density at radius 1 is 1.07 bits per heavy atom. The molecule has 0 saturated heterocycles. The average Bonchev–Trinajstić information content (AvgIpc) is 2.17. The second kappa shape index (κ2) is 8.80. The highest BCUT2D eigenvalue weighted by atomic mass is 14.1. The molecule has 0 aliphatic heterocycles. The Morgan fingerprint density at radius 3 is 2.21 bits per heavy atom. The van der Waals surface area contributed by atoms with Crippen LogP contribution in [-0.4, -0.2) is 0 Å². The fraction of sp³-hybridized carbons (Fsp3) is 0.571. The standard InChI is InChI=1S/C14H24/c1-5-8-9-12-14(11-7-3)13(4)10-6-2/h6-7H,2-3,5,8-12H2,1,4H3/b14-13+. The molecule has 0 aliphatic carbocycles. The molecule has 0 unspecified atom stereocenters. The Kier molecular flexibility index (Phi) is 8.31. The maximum Gasteiger partial charge on any atom is -0.0139 e. The van der Waals surface area contributed by atoms with Crippen LogP contribution < -0.4 is 0 Å². The van der Waals surface area contributed by atoms with E-state index in [2.05, 4.69) is 27.0 Å². The third-order valence-electron chi connectivity index (χ3n) is 2.53. The zero-order valence-electron chi connectivity index (χ0n) is 9.81. The molecule has 0 bridgehead atoms. The Bertz CT molecular complexity index is 196. The smallest absolute Gasteiger partial charge is 0.0139 e. The van der Waals surface area contributed by atoms with E-state index >= 15 is 0 Å². The van der Waals surface area contributed by atoms with E-state index in [1.165, 1.54) is 31.3 Å². The van der Waals surface area contributed by atoms with E-state index in [0.29, 0.717) is 0 Å². The summed E-state index contributed by atoms with van der Waals surface area (Å²) in [5.74, 6) is 0. The number of rotatable bonds is 8. The molecule has 0 aromatic heterocycles. The Balaban J connectivity index is 4.17. The van der Waals surface area contributed by atoms with Crippen LogP contribution >= 0.6 is 0 Å². The van der Waals surface area contributed by atoms with Gasteiger partial charge in [0, 0.05) is 0 Å². The van der Waals surface area contributed by atoms with Crippen LogP contribution in [0, 0.1) is 0 Å². The summed E-state index contributed by atoms with van der Waals surface area (Å²) in [5.41, 5.74) is 3.05. The van der Waals surface area contributed by atoms with Gasteiger partial charge in [0.2, 0.25) is 0 Å². The zero-order chi connectivity index (χ0) is 10.8. The molecule has 0 aliphatic rings. The highest BCUT2D eigenvalue weighted by molar-refractivity contribution is 5.16. The van der Waals surface area contributed by atoms with Crippen molar-refractivity contribution in [2.75, 3.05) is 0 Å². The first kappa shape index (κ1) is 13.2. The van der Waals surface area contributed by atoms with Crippen LogP contribution in [0.3, 0.4) is 0 Å². The van der Waals surface area contributed by atoms with E-state index in [9.17, 15) is 0 Å². The second-order valence-electron chi connectivity index (χ2n) is 3.83. The molecular formula is C14H24. The van der Waals surface area contributed by atoms with Crippen molar-refractivity contribution in [3.05, 3.63) is 36.5 Å². The summed E-state index contributed by atoms with van der Waals surface area (Å²) in [6.07, 6.45) is 11.2. The number of hydrogen-bond acceptors (Lipinski definition) is 0. The third-order valence-corrected chi connectivity index (χ3v) is 2.53. The molecule has 0 aromatic carbocycles. The van der Waals surface area contributed by atoms with Crippen LogP contribution in [0.2, 0.25) is 0 Å². The minimum Gasteiger partial charge on any atom is -0.103 e. The van der Waals surface area contributed by atoms with Crippen LogP contribution in [0.15, 0.2) is 36.5 Å². The van der Waals surface area contributed by atoms with Gasteiger partial charge in [-0.3, -0.25) is 0 Å². The van der Waals surface area contributed by atoms with Crippen LogP contribution in [-0.2, 0) is 0 Å². The van der Waals surface area contributed by atoms with Gasteiger partial charge in [0.1, 0.15) is 0 Å². The lowest BCUT2D eigenvalue weighted by Crippen LogP contribution is -1.89. The maximum absolute atomic E-state index is 3.81. The summed E-state index contributed by atoms with van der Waals surface area (Å²) in [5, 5.41) is 0. The fourth-order valence-corrected chi connectivity index (χ4v) is 1.61. The lowest BCUT2D eigenvalue weighted by molar-refractivity contribution is 0.701. The van der Waals surface area contributed by atoms with E-state index in [1.807, 2.05) is 12.2 Å². The first-order chi connectivity index (χ1) is 6.76. The van der Waals surface area contributed by atoms with Gasteiger partial charge in [0.25, 0.3) is 0 Å². The maximum atomic E-state index is 3.81. The van der Waals surface area contributed by atoms with Gasteiger partial charge >= 0.3 is 0 Å². The SMILES string of the molecule is C=CC/C(C)=C(\CC=C)CCCCC. The molecule has 0 amide bonds. The lowest BCUT2D eigenvalue weighted by atomic mass is 9.98. The summed E-state index contributed by atoms with van der Waals surface area (Å²) in [7, 11) is 0. The van der Waals surface area contributed by atoms with Gasteiger partial charge in [0.05, 0.1) is 0 Å². The number of allylic oxidation sites excluding steroid dienone is 4. The molecule has 0 rings (SSSR count). The Morgan fingerprint density at radius 2 is 1.71 bits per heavy atom. The molecule has 0 saturated carbocycles. The zero-order valence-corrected chi connectivity index (χ0v) is 9.81. The van der Waals surface area contributed by atoms with Crippen molar-refractivity contribution in [3.8, 4) is 0 Å². The first-order valence-corrected chi connectivity index (χ1v) is 5.65. The lowest BCUT2D eigenvalue weighted by Gasteiger charge is -2.09. The molecule has 0 radical (unpaired) electrons. The predicted molar refractivity (Wildman–Crippen MR) is 66.5 cm³/mol. The summed E-state index contributed by atoms with van der Waals surface area (Å²) in [4.78, 5) is 0. The highest BCUT2D eigenvalue weighted by Gasteiger charge is 1.99. The Labute approximate surface area is 89.4 Å². The summed E-state index contributed by atoms with van der Waals surface area (Å²) in [6, 6.07) is 0. The van der Waals surface area contributed by atoms with E-state index in [0.717, 1.165) is 12.8 Å². The van der Waals surface area contributed by atoms with Gasteiger partial charge in [-0.1, -0.05) is 43.1 Å². The summed E-state index contributed by atoms with van der Waals surface area (Å²) in [6.45, 7) is 12.0. The van der Waals surface area contributed by atoms with E-state index in [-0.39, 0.29) is 0 Å². The van der Waals surface area contributed by atoms with Gasteiger partial charge in [-0.2, -0.15) is 0 Å². The topological polar surface area (TPSA) is 0 Å². The molecular weight excluding hydrogens is 168 g/mol. The highest BCUT2D eigenvalue weighted by Crippen LogP contribution is 2.19. The fourth-order valence-electron chi connectivity index (χ4n) is 1.61. The average molecular weight is 192 g/mol. The van der Waals surface area contributed by atoms with Crippen molar-refractivity contribution in [1.82, 2.24) is 0 Å². The van der Waals surface area contributed by atoms with Gasteiger partial charge in [-0.05, 0) is 32.6 Å². The predicted octanol–water partition coefficient (Wildman–Crippen LogP) is 5.04. The quantitative estimate of drug-likeness (QED) is 0.373. The third kappa shape index (κ3) is 5.80. The van der Waals surface area contributed by atoms with Crippen molar-refractivity contribution in [3.63, 3.8) is 0 Å². The summed E-state index contributed by atoms with van der Waals surface area (Å²) >= 11 is 0. The van der Waals surface area contributed by atoms with Crippen molar-refractivity contribution >= 4 is 0 Å². The van der Waals surface area contributed by atoms with Gasteiger partial charge in [-0.15, -0.1) is 13.2 Å². The van der Waals surface area contributed by atoms with Gasteiger partial charge < -0.3 is 0 Å². The van der Waals surface area contributed by atoms with Crippen molar-refractivity contribution in [2.24, 2.45) is 0 Å². The molecule has 0 aromatic rings. The minimum absolute atomic E-state index is 1.02. The van der Waals surface area contributed by atoms with E-state index < -0.39 is 0 Å². The molecule has 0 N–H and O–H groups in total. The molecule has 0 spiro atoms. The molecule has 0 nitrogen and oxygen atoms in total. The molecule has 0 atom stereocenters. The molecule has 0 fully saturated rings. The molecule has 80 valence electrons. The largest absolute Gasteiger partial charge is 0.103 e. The second-order valence-corrected chi connectivity index (χ2v) is 3.83. The van der Waals surface area contributed by atoms with Crippen molar-refractivity contribution in [1.29, 1.82) is 0 Å². The van der Waals surface area contributed by atoms with Gasteiger partial charge in [0.15, 0.2) is 0 Å². The molecule has 0 heteroatoms. The monoisotopic (exact) mass is 192 g/mol. The van der Waals surface area contributed by atoms with E-state index in [1.54, 1.807) is 5.57 Å². The first-order valence-electron chi connectivity index (χ1n) is 5.65. The van der Waals surface area contributed by atoms with Crippen LogP contribution in [0.5, 0.6) is 0 Å². The van der Waals surface area contributed by atoms with Crippen LogP contribution in [0.1, 0.15) is 52.4 Å². The normalized spacial score (nSPS) is 12.1. The molecule has 0 heterocycles. The van der Waals surface area contributed by atoms with E-state index in [4.69, 9.17) is 0 Å². The number of unbranched alkanes of at least 4 members (excludes halogenated alkanes) is 2. The van der Waals surface area contributed by atoms with Crippen LogP contribution in [0.4, 0.5) is 0 Å². The van der Waals surface area contributed by atoms with Crippen molar-refractivity contribution < 1.29 is 0 Å².